The Morgan fingerprint density at radius 1 is 1.28 bits per heavy atom. The third kappa shape index (κ3) is 3.12. The Bertz CT molecular complexity index is 975. The van der Waals surface area contributed by atoms with Gasteiger partial charge in [0, 0.05) is 26.5 Å². The lowest BCUT2D eigenvalue weighted by molar-refractivity contribution is -0.127. The summed E-state index contributed by atoms with van der Waals surface area (Å²) >= 11 is 6.42. The minimum absolute atomic E-state index is 0.0490. The van der Waals surface area contributed by atoms with Crippen molar-refractivity contribution in [1.82, 2.24) is 19.7 Å². The number of fused-ring (bicyclic) bond motifs is 1. The van der Waals surface area contributed by atoms with Crippen LogP contribution in [0.15, 0.2) is 24.3 Å². The molecule has 0 saturated heterocycles. The van der Waals surface area contributed by atoms with Crippen molar-refractivity contribution in [1.29, 1.82) is 0 Å². The number of carbonyl (C=O) groups is 1. The molecule has 0 bridgehead atoms. The summed E-state index contributed by atoms with van der Waals surface area (Å²) in [7, 11) is 5.33. The van der Waals surface area contributed by atoms with E-state index >= 15 is 0 Å². The van der Waals surface area contributed by atoms with Crippen molar-refractivity contribution < 1.29 is 4.79 Å². The van der Waals surface area contributed by atoms with E-state index in [1.54, 1.807) is 23.7 Å². The highest BCUT2D eigenvalue weighted by Gasteiger charge is 2.17. The summed E-state index contributed by atoms with van der Waals surface area (Å²) in [5.74, 6) is 0.0490. The van der Waals surface area contributed by atoms with E-state index in [-0.39, 0.29) is 5.91 Å². The smallest absolute Gasteiger partial charge is 0.226 e. The van der Waals surface area contributed by atoms with Crippen molar-refractivity contribution in [3.05, 3.63) is 46.2 Å². The van der Waals surface area contributed by atoms with Crippen LogP contribution in [-0.4, -0.2) is 39.7 Å². The van der Waals surface area contributed by atoms with Gasteiger partial charge in [0.1, 0.15) is 5.15 Å². The van der Waals surface area contributed by atoms with Gasteiger partial charge >= 0.3 is 0 Å². The molecule has 5 nitrogen and oxygen atoms in total. The molecule has 6 heteroatoms. The number of nitrogens with zero attached hydrogens (tertiary/aromatic N) is 4. The van der Waals surface area contributed by atoms with Crippen LogP contribution in [0.3, 0.4) is 0 Å². The second-order valence-corrected chi connectivity index (χ2v) is 6.84. The topological polar surface area (TPSA) is 51.0 Å². The first-order valence-corrected chi connectivity index (χ1v) is 8.46. The molecule has 0 radical (unpaired) electrons. The minimum Gasteiger partial charge on any atom is -0.349 e. The molecule has 3 aromatic rings. The zero-order valence-corrected chi connectivity index (χ0v) is 15.8. The first-order valence-electron chi connectivity index (χ1n) is 8.08. The molecule has 0 aliphatic heterocycles. The van der Waals surface area contributed by atoms with Crippen LogP contribution in [0, 0.1) is 13.8 Å². The SMILES string of the molecule is Cc1nn(C)c(Cl)c1-c1cc(C)c2cccc(CC(=O)N(C)C)c2n1. The van der Waals surface area contributed by atoms with Crippen LogP contribution in [0.1, 0.15) is 16.8 Å². The van der Waals surface area contributed by atoms with Crippen molar-refractivity contribution in [2.24, 2.45) is 7.05 Å². The molecular formula is C19H21ClN4O. The monoisotopic (exact) mass is 356 g/mol. The molecule has 0 spiro atoms. The highest BCUT2D eigenvalue weighted by atomic mass is 35.5. The van der Waals surface area contributed by atoms with E-state index < -0.39 is 0 Å². The number of rotatable bonds is 3. The third-order valence-electron chi connectivity index (χ3n) is 4.38. The summed E-state index contributed by atoms with van der Waals surface area (Å²) in [4.78, 5) is 18.6. The van der Waals surface area contributed by atoms with Gasteiger partial charge in [0.25, 0.3) is 0 Å². The predicted molar refractivity (Wildman–Crippen MR) is 101 cm³/mol. The summed E-state index contributed by atoms with van der Waals surface area (Å²) in [6, 6.07) is 7.98. The second-order valence-electron chi connectivity index (χ2n) is 6.48. The number of halogens is 1. The molecule has 0 fully saturated rings. The molecule has 3 rings (SSSR count). The maximum Gasteiger partial charge on any atom is 0.226 e. The minimum atomic E-state index is 0.0490. The molecule has 0 aliphatic rings. The number of carbonyl (C=O) groups excluding carboxylic acids is 1. The van der Waals surface area contributed by atoms with Gasteiger partial charge in [-0.15, -0.1) is 0 Å². The fourth-order valence-corrected chi connectivity index (χ4v) is 3.26. The highest BCUT2D eigenvalue weighted by molar-refractivity contribution is 6.32. The van der Waals surface area contributed by atoms with Gasteiger partial charge in [-0.25, -0.2) is 4.98 Å². The summed E-state index contributed by atoms with van der Waals surface area (Å²) in [6.07, 6.45) is 0.319. The molecule has 1 amide bonds. The van der Waals surface area contributed by atoms with Gasteiger partial charge < -0.3 is 4.90 Å². The maximum absolute atomic E-state index is 12.2. The van der Waals surface area contributed by atoms with E-state index in [9.17, 15) is 4.79 Å². The fraction of sp³-hybridized carbons (Fsp3) is 0.316. The van der Waals surface area contributed by atoms with Crippen molar-refractivity contribution >= 4 is 28.4 Å². The molecule has 0 saturated carbocycles. The van der Waals surface area contributed by atoms with Crippen LogP contribution in [0.2, 0.25) is 5.15 Å². The van der Waals surface area contributed by atoms with Crippen LogP contribution in [-0.2, 0) is 18.3 Å². The molecule has 1 aromatic carbocycles. The highest BCUT2D eigenvalue weighted by Crippen LogP contribution is 2.32. The van der Waals surface area contributed by atoms with Crippen molar-refractivity contribution in [3.63, 3.8) is 0 Å². The summed E-state index contributed by atoms with van der Waals surface area (Å²) in [5, 5.41) is 5.98. The van der Waals surface area contributed by atoms with Gasteiger partial charge in [-0.05, 0) is 31.0 Å². The van der Waals surface area contributed by atoms with Crippen LogP contribution in [0.5, 0.6) is 0 Å². The van der Waals surface area contributed by atoms with Gasteiger partial charge in [0.05, 0.1) is 28.9 Å². The molecule has 0 aliphatic carbocycles. The number of amides is 1. The Balaban J connectivity index is 2.22. The number of benzene rings is 1. The summed E-state index contributed by atoms with van der Waals surface area (Å²) in [6.45, 7) is 3.97. The zero-order valence-electron chi connectivity index (χ0n) is 15.1. The van der Waals surface area contributed by atoms with E-state index in [0.717, 1.165) is 39.0 Å². The maximum atomic E-state index is 12.2. The molecule has 130 valence electrons. The lowest BCUT2D eigenvalue weighted by atomic mass is 10.0. The molecule has 25 heavy (non-hydrogen) atoms. The van der Waals surface area contributed by atoms with Crippen molar-refractivity contribution in [3.8, 4) is 11.3 Å². The van der Waals surface area contributed by atoms with Crippen LogP contribution < -0.4 is 0 Å². The van der Waals surface area contributed by atoms with Gasteiger partial charge in [0.15, 0.2) is 0 Å². The van der Waals surface area contributed by atoms with E-state index in [2.05, 4.69) is 5.10 Å². The van der Waals surface area contributed by atoms with Crippen LogP contribution >= 0.6 is 11.6 Å². The Labute approximate surface area is 152 Å². The lowest BCUT2D eigenvalue weighted by Gasteiger charge is -2.13. The quantitative estimate of drug-likeness (QED) is 0.721. The van der Waals surface area contributed by atoms with Gasteiger partial charge in [0.2, 0.25) is 5.91 Å². The lowest BCUT2D eigenvalue weighted by Crippen LogP contribution is -2.23. The molecule has 0 N–H and O–H groups in total. The number of hydrogen-bond donors (Lipinski definition) is 0. The number of aromatic nitrogens is 3. The average Bonchev–Trinajstić information content (AvgIpc) is 2.80. The Morgan fingerprint density at radius 3 is 2.60 bits per heavy atom. The van der Waals surface area contributed by atoms with Gasteiger partial charge in [-0.3, -0.25) is 9.48 Å². The predicted octanol–water partition coefficient (Wildman–Crippen LogP) is 3.54. The van der Waals surface area contributed by atoms with Crippen LogP contribution in [0.25, 0.3) is 22.2 Å². The largest absolute Gasteiger partial charge is 0.349 e. The van der Waals surface area contributed by atoms with E-state index in [0.29, 0.717) is 11.6 Å². The molecule has 2 heterocycles. The Morgan fingerprint density at radius 2 is 2.00 bits per heavy atom. The summed E-state index contributed by atoms with van der Waals surface area (Å²) in [5.41, 5.74) is 5.30. The van der Waals surface area contributed by atoms with Gasteiger partial charge in [-0.1, -0.05) is 29.8 Å². The molecule has 2 aromatic heterocycles. The Kier molecular flexibility index (Phi) is 4.52. The first-order chi connectivity index (χ1) is 11.8. The number of likely N-dealkylation sites (N-methyl/N-ethyl adjacent to an activating group) is 1. The number of para-hydroxylation sites is 1. The van der Waals surface area contributed by atoms with E-state index in [4.69, 9.17) is 16.6 Å². The molecule has 0 unspecified atom stereocenters. The number of hydrogen-bond acceptors (Lipinski definition) is 3. The second kappa shape index (κ2) is 6.48. The number of pyridine rings is 1. The molecule has 0 atom stereocenters. The van der Waals surface area contributed by atoms with Crippen molar-refractivity contribution in [2.45, 2.75) is 20.3 Å². The molecular weight excluding hydrogens is 336 g/mol. The Hall–Kier alpha value is -2.40. The third-order valence-corrected chi connectivity index (χ3v) is 4.81. The normalized spacial score (nSPS) is 11.1. The first kappa shape index (κ1) is 17.4. The zero-order chi connectivity index (χ0) is 18.3. The van der Waals surface area contributed by atoms with Crippen LogP contribution in [0.4, 0.5) is 0 Å². The number of aryl methyl sites for hydroxylation is 3. The van der Waals surface area contributed by atoms with E-state index in [1.165, 1.54) is 0 Å². The van der Waals surface area contributed by atoms with Crippen molar-refractivity contribution in [2.75, 3.05) is 14.1 Å². The van der Waals surface area contributed by atoms with E-state index in [1.807, 2.05) is 45.2 Å². The van der Waals surface area contributed by atoms with Gasteiger partial charge in [-0.2, -0.15) is 5.10 Å². The summed E-state index contributed by atoms with van der Waals surface area (Å²) < 4.78 is 1.65. The average molecular weight is 357 g/mol. The fourth-order valence-electron chi connectivity index (χ4n) is 2.99. The standard InChI is InChI=1S/C19H21ClN4O/c1-11-9-15(17-12(2)22-24(5)19(17)20)21-18-13(7-6-8-14(11)18)10-16(25)23(3)4/h6-9H,10H2,1-5H3.